The lowest BCUT2D eigenvalue weighted by atomic mass is 9.69. The molecule has 10 heteroatoms. The van der Waals surface area contributed by atoms with Gasteiger partial charge in [-0.25, -0.2) is 17.6 Å². The quantitative estimate of drug-likeness (QED) is 0.336. The van der Waals surface area contributed by atoms with Crippen molar-refractivity contribution >= 4 is 0 Å². The molecule has 2 unspecified atom stereocenters. The van der Waals surface area contributed by atoms with Crippen LogP contribution in [-0.4, -0.2) is 36.7 Å². The monoisotopic (exact) mass is 496 g/mol. The van der Waals surface area contributed by atoms with E-state index in [1.54, 1.807) is 0 Å². The fraction of sp³-hybridized carbons (Fsp3) is 1.00. The van der Waals surface area contributed by atoms with Crippen molar-refractivity contribution in [3.05, 3.63) is 0 Å². The van der Waals surface area contributed by atoms with Crippen LogP contribution in [0, 0.1) is 29.6 Å². The third kappa shape index (κ3) is 6.94. The molecule has 0 radical (unpaired) electrons. The molecule has 0 spiro atoms. The van der Waals surface area contributed by atoms with Crippen LogP contribution < -0.4 is 0 Å². The standard InChI is InChI=1S/C23H33F9O/c1-13-2-4-14(5-3-13)15-6-8-16(9-7-15)23(31,32)33-17-10-18(24)20(19(25)11-17)21(26,27)12-22(28,29)30/h13-20H,2-12H2,1H3. The maximum atomic E-state index is 14.8. The van der Waals surface area contributed by atoms with Crippen molar-refractivity contribution in [1.29, 1.82) is 0 Å². The fourth-order valence-corrected chi connectivity index (χ4v) is 6.13. The summed E-state index contributed by atoms with van der Waals surface area (Å²) in [6.07, 6.45) is -14.5. The second-order valence-electron chi connectivity index (χ2n) is 10.5. The topological polar surface area (TPSA) is 9.23 Å². The molecule has 0 amide bonds. The summed E-state index contributed by atoms with van der Waals surface area (Å²) < 4.78 is 128. The molecule has 1 nitrogen and oxygen atoms in total. The first-order valence-corrected chi connectivity index (χ1v) is 12.0. The van der Waals surface area contributed by atoms with Gasteiger partial charge in [-0.3, -0.25) is 0 Å². The third-order valence-corrected chi connectivity index (χ3v) is 7.98. The lowest BCUT2D eigenvalue weighted by molar-refractivity contribution is -0.310. The van der Waals surface area contributed by atoms with Gasteiger partial charge in [0.2, 0.25) is 0 Å². The molecule has 3 rings (SSSR count). The summed E-state index contributed by atoms with van der Waals surface area (Å²) in [4.78, 5) is 0. The van der Waals surface area contributed by atoms with Crippen LogP contribution in [0.15, 0.2) is 0 Å². The lowest BCUT2D eigenvalue weighted by Gasteiger charge is -2.42. The molecule has 3 aliphatic rings. The van der Waals surface area contributed by atoms with E-state index in [0.717, 1.165) is 25.7 Å². The lowest BCUT2D eigenvalue weighted by Crippen LogP contribution is -2.51. The number of alkyl halides is 9. The van der Waals surface area contributed by atoms with Crippen LogP contribution >= 0.6 is 0 Å². The minimum absolute atomic E-state index is 0.209. The highest BCUT2D eigenvalue weighted by Crippen LogP contribution is 2.49. The van der Waals surface area contributed by atoms with Crippen molar-refractivity contribution in [3.63, 3.8) is 0 Å². The Bertz CT molecular complexity index is 610. The number of halogens is 9. The van der Waals surface area contributed by atoms with Gasteiger partial charge in [0.25, 0.3) is 5.92 Å². The molecule has 33 heavy (non-hydrogen) atoms. The Hall–Kier alpha value is -0.670. The van der Waals surface area contributed by atoms with E-state index in [2.05, 4.69) is 6.92 Å². The highest BCUT2D eigenvalue weighted by Gasteiger charge is 2.58. The maximum absolute atomic E-state index is 14.8. The van der Waals surface area contributed by atoms with Crippen LogP contribution in [0.3, 0.4) is 0 Å². The van der Waals surface area contributed by atoms with Crippen molar-refractivity contribution < 1.29 is 44.3 Å². The second kappa shape index (κ2) is 10.1. The van der Waals surface area contributed by atoms with E-state index in [-0.39, 0.29) is 12.8 Å². The van der Waals surface area contributed by atoms with Gasteiger partial charge in [-0.05, 0) is 56.3 Å². The molecule has 2 atom stereocenters. The molecule has 0 aromatic heterocycles. The number of ether oxygens (including phenoxy) is 1. The normalized spacial score (nSPS) is 39.5. The summed E-state index contributed by atoms with van der Waals surface area (Å²) in [5.74, 6) is -7.03. The highest BCUT2D eigenvalue weighted by molar-refractivity contribution is 4.96. The van der Waals surface area contributed by atoms with Crippen LogP contribution in [0.5, 0.6) is 0 Å². The van der Waals surface area contributed by atoms with Crippen LogP contribution in [0.2, 0.25) is 0 Å². The van der Waals surface area contributed by atoms with Crippen molar-refractivity contribution in [2.75, 3.05) is 0 Å². The second-order valence-corrected chi connectivity index (χ2v) is 10.5. The van der Waals surface area contributed by atoms with E-state index in [0.29, 0.717) is 30.6 Å². The molecular weight excluding hydrogens is 463 g/mol. The van der Waals surface area contributed by atoms with Gasteiger partial charge < -0.3 is 4.74 Å². The van der Waals surface area contributed by atoms with E-state index >= 15 is 0 Å². The Morgan fingerprint density at radius 1 is 0.697 bits per heavy atom. The molecule has 194 valence electrons. The molecule has 3 fully saturated rings. The van der Waals surface area contributed by atoms with Crippen molar-refractivity contribution in [3.8, 4) is 0 Å². The third-order valence-electron chi connectivity index (χ3n) is 7.98. The molecule has 3 aliphatic carbocycles. The Morgan fingerprint density at radius 3 is 1.61 bits per heavy atom. The van der Waals surface area contributed by atoms with E-state index in [4.69, 9.17) is 4.74 Å². The van der Waals surface area contributed by atoms with E-state index in [1.807, 2.05) is 0 Å². The molecule has 0 aliphatic heterocycles. The fourth-order valence-electron chi connectivity index (χ4n) is 6.13. The largest absolute Gasteiger partial charge is 0.394 e. The Morgan fingerprint density at radius 2 is 1.15 bits per heavy atom. The number of hydrogen-bond acceptors (Lipinski definition) is 1. The molecule has 3 saturated carbocycles. The maximum Gasteiger partial charge on any atom is 0.394 e. The summed E-state index contributed by atoms with van der Waals surface area (Å²) >= 11 is 0. The highest BCUT2D eigenvalue weighted by atomic mass is 19.4. The smallest absolute Gasteiger partial charge is 0.317 e. The molecule has 0 aromatic rings. The van der Waals surface area contributed by atoms with Crippen LogP contribution in [0.25, 0.3) is 0 Å². The predicted octanol–water partition coefficient (Wildman–Crippen LogP) is 8.27. The van der Waals surface area contributed by atoms with Gasteiger partial charge >= 0.3 is 12.3 Å². The van der Waals surface area contributed by atoms with E-state index in [9.17, 15) is 39.5 Å². The predicted molar refractivity (Wildman–Crippen MR) is 105 cm³/mol. The van der Waals surface area contributed by atoms with E-state index in [1.165, 1.54) is 0 Å². The zero-order chi connectivity index (χ0) is 24.6. The van der Waals surface area contributed by atoms with Gasteiger partial charge in [0.15, 0.2) is 0 Å². The average Bonchev–Trinajstić information content (AvgIpc) is 2.65. The van der Waals surface area contributed by atoms with Crippen LogP contribution in [-0.2, 0) is 4.74 Å². The van der Waals surface area contributed by atoms with Crippen LogP contribution in [0.4, 0.5) is 39.5 Å². The zero-order valence-electron chi connectivity index (χ0n) is 18.7. The Labute approximate surface area is 188 Å². The van der Waals surface area contributed by atoms with Crippen molar-refractivity contribution in [2.24, 2.45) is 29.6 Å². The van der Waals surface area contributed by atoms with Gasteiger partial charge in [0, 0.05) is 12.8 Å². The van der Waals surface area contributed by atoms with Gasteiger partial charge in [0.05, 0.1) is 17.9 Å². The molecule has 0 saturated heterocycles. The summed E-state index contributed by atoms with van der Waals surface area (Å²) in [7, 11) is 0. The SMILES string of the molecule is CC1CCC(C2CCC(C(F)(F)OC3CC(F)C(C(F)(F)CC(F)(F)F)C(F)C3)CC2)CC1. The van der Waals surface area contributed by atoms with Gasteiger partial charge in [0.1, 0.15) is 18.8 Å². The van der Waals surface area contributed by atoms with Gasteiger partial charge in [-0.1, -0.05) is 19.8 Å². The number of rotatable bonds is 6. The summed E-state index contributed by atoms with van der Waals surface area (Å²) in [5, 5.41) is 0. The van der Waals surface area contributed by atoms with Gasteiger partial charge in [-0.2, -0.15) is 22.0 Å². The van der Waals surface area contributed by atoms with Crippen LogP contribution in [0.1, 0.15) is 77.6 Å². The van der Waals surface area contributed by atoms with Gasteiger partial charge in [-0.15, -0.1) is 0 Å². The summed E-state index contributed by atoms with van der Waals surface area (Å²) in [6.45, 7) is 2.21. The molecular formula is C23H33F9O. The average molecular weight is 496 g/mol. The molecule has 0 aromatic carbocycles. The first-order chi connectivity index (χ1) is 15.2. The Kier molecular flexibility index (Phi) is 8.27. The van der Waals surface area contributed by atoms with E-state index < -0.39 is 67.8 Å². The zero-order valence-corrected chi connectivity index (χ0v) is 18.7. The first-order valence-electron chi connectivity index (χ1n) is 12.0. The summed E-state index contributed by atoms with van der Waals surface area (Å²) in [5.41, 5.74) is 0. The first kappa shape index (κ1) is 26.9. The molecule has 0 heterocycles. The Balaban J connectivity index is 1.52. The minimum Gasteiger partial charge on any atom is -0.317 e. The minimum atomic E-state index is -5.31. The molecule has 0 bridgehead atoms. The van der Waals surface area contributed by atoms with Crippen molar-refractivity contribution in [2.45, 2.75) is 114 Å². The van der Waals surface area contributed by atoms with Crippen molar-refractivity contribution in [1.82, 2.24) is 0 Å². The molecule has 0 N–H and O–H groups in total. The number of hydrogen-bond donors (Lipinski definition) is 0. The summed E-state index contributed by atoms with van der Waals surface area (Å²) in [6, 6.07) is 0.